The smallest absolute Gasteiger partial charge is 0.329 e. The number of ether oxygens (including phenoxy) is 1. The van der Waals surface area contributed by atoms with E-state index in [1.807, 2.05) is 13.0 Å². The number of aryl methyl sites for hydroxylation is 1. The molecule has 0 aliphatic carbocycles. The van der Waals surface area contributed by atoms with Crippen LogP contribution in [0.3, 0.4) is 0 Å². The molecule has 0 atom stereocenters. The van der Waals surface area contributed by atoms with E-state index in [9.17, 15) is 14.4 Å². The second kappa shape index (κ2) is 9.65. The van der Waals surface area contributed by atoms with Gasteiger partial charge in [-0.3, -0.25) is 14.4 Å². The highest BCUT2D eigenvalue weighted by molar-refractivity contribution is 9.10. The summed E-state index contributed by atoms with van der Waals surface area (Å²) in [6.45, 7) is 3.28. The average molecular weight is 447 g/mol. The Hall–Kier alpha value is -3.20. The molecule has 0 heterocycles. The highest BCUT2D eigenvalue weighted by Crippen LogP contribution is 2.19. The molecule has 9 heteroatoms. The molecule has 2 aromatic carbocycles. The van der Waals surface area contributed by atoms with Crippen molar-refractivity contribution in [3.8, 4) is 5.75 Å². The summed E-state index contributed by atoms with van der Waals surface area (Å²) in [5, 5.41) is 6.47. The molecule has 4 N–H and O–H groups in total. The number of primary amides is 1. The molecule has 0 bridgehead atoms. The van der Waals surface area contributed by atoms with Crippen LogP contribution in [-0.4, -0.2) is 30.0 Å². The van der Waals surface area contributed by atoms with Crippen LogP contribution in [0, 0.1) is 6.92 Å². The van der Waals surface area contributed by atoms with Crippen LogP contribution in [0.2, 0.25) is 0 Å². The van der Waals surface area contributed by atoms with Crippen LogP contribution >= 0.6 is 15.9 Å². The maximum absolute atomic E-state index is 12.0. The van der Waals surface area contributed by atoms with Gasteiger partial charge in [-0.15, -0.1) is 0 Å². The summed E-state index contributed by atoms with van der Waals surface area (Å²) in [6, 6.07) is 12.0. The fraction of sp³-hybridized carbons (Fsp3) is 0.158. The van der Waals surface area contributed by atoms with Gasteiger partial charge in [-0.2, -0.15) is 5.10 Å². The summed E-state index contributed by atoms with van der Waals surface area (Å²) in [7, 11) is 0. The van der Waals surface area contributed by atoms with E-state index in [-0.39, 0.29) is 6.61 Å². The van der Waals surface area contributed by atoms with Gasteiger partial charge in [-0.25, -0.2) is 5.43 Å². The number of halogens is 1. The lowest BCUT2D eigenvalue weighted by Crippen LogP contribution is -2.33. The molecule has 28 heavy (non-hydrogen) atoms. The Bertz CT molecular complexity index is 926. The maximum Gasteiger partial charge on any atom is 0.329 e. The number of nitrogens with two attached hydrogens (primary N) is 1. The third-order valence-electron chi connectivity index (χ3n) is 3.62. The minimum absolute atomic E-state index is 0.213. The molecule has 0 saturated heterocycles. The molecule has 0 fully saturated rings. The van der Waals surface area contributed by atoms with Crippen LogP contribution in [0.25, 0.3) is 0 Å². The number of hydrazone groups is 1. The van der Waals surface area contributed by atoms with E-state index in [4.69, 9.17) is 10.5 Å². The number of nitrogens with one attached hydrogen (secondary N) is 2. The Morgan fingerprint density at radius 3 is 2.39 bits per heavy atom. The predicted octanol–water partition coefficient (Wildman–Crippen LogP) is 2.10. The van der Waals surface area contributed by atoms with E-state index < -0.39 is 17.7 Å². The molecule has 0 unspecified atom stereocenters. The summed E-state index contributed by atoms with van der Waals surface area (Å²) in [4.78, 5) is 34.7. The molecule has 0 radical (unpaired) electrons. The zero-order chi connectivity index (χ0) is 20.7. The van der Waals surface area contributed by atoms with Crippen molar-refractivity contribution in [1.29, 1.82) is 0 Å². The minimum atomic E-state index is -0.886. The zero-order valence-electron chi connectivity index (χ0n) is 15.3. The number of hydrogen-bond acceptors (Lipinski definition) is 5. The number of amides is 3. The molecule has 146 valence electrons. The highest BCUT2D eigenvalue weighted by atomic mass is 79.9. The Kier molecular flexibility index (Phi) is 7.28. The van der Waals surface area contributed by atoms with Gasteiger partial charge in [0.25, 0.3) is 5.91 Å². The van der Waals surface area contributed by atoms with Gasteiger partial charge in [-0.1, -0.05) is 15.9 Å². The summed E-state index contributed by atoms with van der Waals surface area (Å²) in [5.74, 6) is -1.80. The molecule has 2 aromatic rings. The Morgan fingerprint density at radius 2 is 1.79 bits per heavy atom. The van der Waals surface area contributed by atoms with Crippen molar-refractivity contribution in [3.63, 3.8) is 0 Å². The van der Waals surface area contributed by atoms with Gasteiger partial charge >= 0.3 is 11.8 Å². The summed E-state index contributed by atoms with van der Waals surface area (Å²) >= 11 is 3.34. The molecule has 0 saturated carbocycles. The lowest BCUT2D eigenvalue weighted by molar-refractivity contribution is -0.136. The molecule has 2 rings (SSSR count). The average Bonchev–Trinajstić information content (AvgIpc) is 2.66. The SMILES string of the molecule is C/C(=N\NC(=O)C(=O)Nc1ccc(Br)cc1C)c1ccc(OCC(N)=O)cc1. The van der Waals surface area contributed by atoms with Crippen molar-refractivity contribution < 1.29 is 19.1 Å². The summed E-state index contributed by atoms with van der Waals surface area (Å²) < 4.78 is 6.04. The second-order valence-electron chi connectivity index (χ2n) is 5.83. The van der Waals surface area contributed by atoms with Gasteiger partial charge in [0.05, 0.1) is 5.71 Å². The monoisotopic (exact) mass is 446 g/mol. The number of carbonyl (C=O) groups excluding carboxylic acids is 3. The van der Waals surface area contributed by atoms with E-state index in [1.54, 1.807) is 43.3 Å². The van der Waals surface area contributed by atoms with E-state index in [2.05, 4.69) is 31.8 Å². The van der Waals surface area contributed by atoms with Crippen molar-refractivity contribution in [2.45, 2.75) is 13.8 Å². The van der Waals surface area contributed by atoms with Crippen molar-refractivity contribution in [2.75, 3.05) is 11.9 Å². The molecule has 3 amide bonds. The lowest BCUT2D eigenvalue weighted by atomic mass is 10.1. The third-order valence-corrected chi connectivity index (χ3v) is 4.11. The minimum Gasteiger partial charge on any atom is -0.484 e. The quantitative estimate of drug-likeness (QED) is 0.357. The molecule has 8 nitrogen and oxygen atoms in total. The van der Waals surface area contributed by atoms with E-state index in [0.717, 1.165) is 10.0 Å². The van der Waals surface area contributed by atoms with Crippen LogP contribution in [0.4, 0.5) is 5.69 Å². The summed E-state index contributed by atoms with van der Waals surface area (Å²) in [6.07, 6.45) is 0. The van der Waals surface area contributed by atoms with Crippen molar-refractivity contribution in [3.05, 3.63) is 58.1 Å². The number of benzene rings is 2. The molecule has 0 aliphatic heterocycles. The predicted molar refractivity (Wildman–Crippen MR) is 109 cm³/mol. The third kappa shape index (κ3) is 6.20. The van der Waals surface area contributed by atoms with E-state index in [1.165, 1.54) is 0 Å². The molecule has 0 spiro atoms. The summed E-state index contributed by atoms with van der Waals surface area (Å²) in [5.41, 5.74) is 9.78. The molecule has 0 aliphatic rings. The van der Waals surface area contributed by atoms with Crippen molar-refractivity contribution >= 4 is 45.1 Å². The number of anilines is 1. The van der Waals surface area contributed by atoms with Crippen LogP contribution < -0.4 is 21.2 Å². The van der Waals surface area contributed by atoms with Gasteiger partial charge in [0.15, 0.2) is 6.61 Å². The van der Waals surface area contributed by atoms with Crippen LogP contribution in [-0.2, 0) is 14.4 Å². The van der Waals surface area contributed by atoms with Gasteiger partial charge in [0.2, 0.25) is 0 Å². The second-order valence-corrected chi connectivity index (χ2v) is 6.75. The first-order chi connectivity index (χ1) is 13.3. The largest absolute Gasteiger partial charge is 0.484 e. The fourth-order valence-electron chi connectivity index (χ4n) is 2.14. The van der Waals surface area contributed by atoms with Crippen LogP contribution in [0.15, 0.2) is 52.0 Å². The number of hydrogen-bond donors (Lipinski definition) is 3. The van der Waals surface area contributed by atoms with E-state index in [0.29, 0.717) is 22.7 Å². The molecular weight excluding hydrogens is 428 g/mol. The first-order valence-electron chi connectivity index (χ1n) is 8.19. The van der Waals surface area contributed by atoms with Crippen molar-refractivity contribution in [1.82, 2.24) is 5.43 Å². The first-order valence-corrected chi connectivity index (χ1v) is 8.99. The lowest BCUT2D eigenvalue weighted by Gasteiger charge is -2.08. The highest BCUT2D eigenvalue weighted by Gasteiger charge is 2.14. The van der Waals surface area contributed by atoms with Gasteiger partial charge in [0.1, 0.15) is 5.75 Å². The van der Waals surface area contributed by atoms with Gasteiger partial charge < -0.3 is 15.8 Å². The van der Waals surface area contributed by atoms with Crippen LogP contribution in [0.5, 0.6) is 5.75 Å². The Morgan fingerprint density at radius 1 is 1.11 bits per heavy atom. The molecular formula is C19H19BrN4O4. The maximum atomic E-state index is 12.0. The Balaban J connectivity index is 1.94. The number of carbonyl (C=O) groups is 3. The van der Waals surface area contributed by atoms with Crippen molar-refractivity contribution in [2.24, 2.45) is 10.8 Å². The van der Waals surface area contributed by atoms with Crippen LogP contribution in [0.1, 0.15) is 18.1 Å². The Labute approximate surface area is 170 Å². The fourth-order valence-corrected chi connectivity index (χ4v) is 2.62. The zero-order valence-corrected chi connectivity index (χ0v) is 16.9. The number of nitrogens with zero attached hydrogens (tertiary/aromatic N) is 1. The number of rotatable bonds is 6. The first kappa shape index (κ1) is 21.1. The van der Waals surface area contributed by atoms with Gasteiger partial charge in [-0.05, 0) is 67.4 Å². The van der Waals surface area contributed by atoms with Gasteiger partial charge in [0, 0.05) is 10.2 Å². The molecule has 0 aromatic heterocycles. The standard InChI is InChI=1S/C19H19BrN4O4/c1-11-9-14(20)5-8-16(11)22-18(26)19(27)24-23-12(2)13-3-6-15(7-4-13)28-10-17(21)25/h3-9H,10H2,1-2H3,(H2,21,25)(H,22,26)(H,24,27)/b23-12+. The van der Waals surface area contributed by atoms with E-state index >= 15 is 0 Å². The topological polar surface area (TPSA) is 123 Å². The normalized spacial score (nSPS) is 10.9.